The molecular weight excluding hydrogens is 344 g/mol. The van der Waals surface area contributed by atoms with E-state index in [9.17, 15) is 5.11 Å². The van der Waals surface area contributed by atoms with Gasteiger partial charge in [-0.25, -0.2) is 0 Å². The number of aliphatic hydroxyl groups excluding tert-OH is 1. The lowest BCUT2D eigenvalue weighted by Gasteiger charge is -2.32. The predicted octanol–water partition coefficient (Wildman–Crippen LogP) is 4.10. The van der Waals surface area contributed by atoms with Crippen molar-refractivity contribution in [1.29, 1.82) is 0 Å². The van der Waals surface area contributed by atoms with Crippen LogP contribution in [0.1, 0.15) is 42.4 Å². The van der Waals surface area contributed by atoms with Crippen LogP contribution in [-0.2, 0) is 19.5 Å². The van der Waals surface area contributed by atoms with Crippen molar-refractivity contribution in [2.75, 3.05) is 26.2 Å². The van der Waals surface area contributed by atoms with E-state index in [1.807, 2.05) is 0 Å². The summed E-state index contributed by atoms with van der Waals surface area (Å²) in [4.78, 5) is 5.06. The number of hydrogen-bond acceptors (Lipinski definition) is 3. The van der Waals surface area contributed by atoms with Crippen molar-refractivity contribution < 1.29 is 5.11 Å². The third-order valence-corrected chi connectivity index (χ3v) is 6.57. The summed E-state index contributed by atoms with van der Waals surface area (Å²) in [5.41, 5.74) is 4.30. The smallest absolute Gasteiger partial charge is 0.0587 e. The Morgan fingerprint density at radius 3 is 2.25 bits per heavy atom. The van der Waals surface area contributed by atoms with Gasteiger partial charge in [-0.2, -0.15) is 0 Å². The highest BCUT2D eigenvalue weighted by Gasteiger charge is 2.24. The van der Waals surface area contributed by atoms with E-state index in [4.69, 9.17) is 0 Å². The van der Waals surface area contributed by atoms with Crippen LogP contribution in [-0.4, -0.2) is 47.2 Å². The maximum Gasteiger partial charge on any atom is 0.0587 e. The van der Waals surface area contributed by atoms with E-state index in [0.29, 0.717) is 6.04 Å². The summed E-state index contributed by atoms with van der Waals surface area (Å²) in [7, 11) is 0. The van der Waals surface area contributed by atoms with Crippen LogP contribution >= 0.6 is 0 Å². The average molecular weight is 379 g/mol. The highest BCUT2D eigenvalue weighted by Crippen LogP contribution is 2.24. The van der Waals surface area contributed by atoms with Gasteiger partial charge in [-0.05, 0) is 74.3 Å². The SMILES string of the molecule is OC[C@@H]1CCCN1Cc1cccc(CN2CCC(Cc3ccccc3)CC2)c1. The third-order valence-electron chi connectivity index (χ3n) is 6.57. The molecule has 0 spiro atoms. The zero-order chi connectivity index (χ0) is 19.2. The number of nitrogens with zero attached hydrogens (tertiary/aromatic N) is 2. The van der Waals surface area contributed by atoms with E-state index in [-0.39, 0.29) is 6.61 Å². The van der Waals surface area contributed by atoms with E-state index in [0.717, 1.165) is 32.0 Å². The maximum absolute atomic E-state index is 9.55. The summed E-state index contributed by atoms with van der Waals surface area (Å²) in [6, 6.07) is 20.4. The normalized spacial score (nSPS) is 22.0. The van der Waals surface area contributed by atoms with Gasteiger partial charge in [0.15, 0.2) is 0 Å². The summed E-state index contributed by atoms with van der Waals surface area (Å²) in [6.45, 7) is 5.86. The number of benzene rings is 2. The predicted molar refractivity (Wildman–Crippen MR) is 115 cm³/mol. The van der Waals surface area contributed by atoms with Gasteiger partial charge in [-0.1, -0.05) is 54.6 Å². The minimum absolute atomic E-state index is 0.289. The van der Waals surface area contributed by atoms with Crippen LogP contribution in [0.4, 0.5) is 0 Å². The van der Waals surface area contributed by atoms with Crippen molar-refractivity contribution in [1.82, 2.24) is 9.80 Å². The van der Waals surface area contributed by atoms with Crippen LogP contribution in [0.15, 0.2) is 54.6 Å². The Morgan fingerprint density at radius 1 is 0.786 bits per heavy atom. The first kappa shape index (κ1) is 19.6. The number of piperidine rings is 1. The summed E-state index contributed by atoms with van der Waals surface area (Å²) < 4.78 is 0. The summed E-state index contributed by atoms with van der Waals surface area (Å²) in [5.74, 6) is 0.829. The minimum Gasteiger partial charge on any atom is -0.395 e. The van der Waals surface area contributed by atoms with Crippen LogP contribution in [0.5, 0.6) is 0 Å². The van der Waals surface area contributed by atoms with Crippen LogP contribution in [0, 0.1) is 5.92 Å². The lowest BCUT2D eigenvalue weighted by atomic mass is 9.90. The molecule has 2 aliphatic rings. The van der Waals surface area contributed by atoms with E-state index >= 15 is 0 Å². The van der Waals surface area contributed by atoms with Gasteiger partial charge in [0, 0.05) is 19.1 Å². The Morgan fingerprint density at radius 2 is 1.50 bits per heavy atom. The highest BCUT2D eigenvalue weighted by atomic mass is 16.3. The molecule has 2 aromatic carbocycles. The fourth-order valence-corrected chi connectivity index (χ4v) is 4.93. The second kappa shape index (κ2) is 9.69. The molecule has 2 heterocycles. The number of aliphatic hydroxyl groups is 1. The van der Waals surface area contributed by atoms with E-state index in [1.165, 1.54) is 55.5 Å². The van der Waals surface area contributed by atoms with Crippen LogP contribution < -0.4 is 0 Å². The van der Waals surface area contributed by atoms with Gasteiger partial charge in [0.05, 0.1) is 6.61 Å². The molecule has 0 unspecified atom stereocenters. The summed E-state index contributed by atoms with van der Waals surface area (Å²) in [5, 5.41) is 9.55. The fourth-order valence-electron chi connectivity index (χ4n) is 4.93. The van der Waals surface area contributed by atoms with Crippen molar-refractivity contribution in [2.24, 2.45) is 5.92 Å². The molecule has 2 aromatic rings. The van der Waals surface area contributed by atoms with Crippen molar-refractivity contribution in [2.45, 2.75) is 51.2 Å². The first-order valence-electron chi connectivity index (χ1n) is 11.0. The molecule has 28 heavy (non-hydrogen) atoms. The van der Waals surface area contributed by atoms with E-state index in [2.05, 4.69) is 64.4 Å². The van der Waals surface area contributed by atoms with Gasteiger partial charge in [-0.15, -0.1) is 0 Å². The average Bonchev–Trinajstić information content (AvgIpc) is 3.18. The van der Waals surface area contributed by atoms with E-state index in [1.54, 1.807) is 0 Å². The van der Waals surface area contributed by atoms with E-state index < -0.39 is 0 Å². The molecule has 2 saturated heterocycles. The summed E-state index contributed by atoms with van der Waals surface area (Å²) in [6.07, 6.45) is 6.18. The minimum atomic E-state index is 0.289. The topological polar surface area (TPSA) is 26.7 Å². The number of likely N-dealkylation sites (tertiary alicyclic amines) is 2. The number of hydrogen-bond donors (Lipinski definition) is 1. The molecule has 2 fully saturated rings. The molecule has 1 atom stereocenters. The van der Waals surface area contributed by atoms with Crippen LogP contribution in [0.25, 0.3) is 0 Å². The van der Waals surface area contributed by atoms with Crippen molar-refractivity contribution in [3.8, 4) is 0 Å². The Bertz CT molecular complexity index is 724. The second-order valence-electron chi connectivity index (χ2n) is 8.68. The largest absolute Gasteiger partial charge is 0.395 e. The van der Waals surface area contributed by atoms with Gasteiger partial charge in [0.1, 0.15) is 0 Å². The first-order valence-corrected chi connectivity index (χ1v) is 11.0. The van der Waals surface area contributed by atoms with Crippen molar-refractivity contribution in [3.05, 3.63) is 71.3 Å². The lowest BCUT2D eigenvalue weighted by Crippen LogP contribution is -2.34. The Labute approximate surface area is 170 Å². The van der Waals surface area contributed by atoms with Gasteiger partial charge in [0.2, 0.25) is 0 Å². The van der Waals surface area contributed by atoms with Crippen molar-refractivity contribution >= 4 is 0 Å². The Balaban J connectivity index is 1.27. The molecule has 1 N–H and O–H groups in total. The molecular formula is C25H34N2O. The molecule has 150 valence electrons. The Kier molecular flexibility index (Phi) is 6.79. The molecule has 4 rings (SSSR count). The maximum atomic E-state index is 9.55. The molecule has 3 heteroatoms. The van der Waals surface area contributed by atoms with Gasteiger partial charge in [-0.3, -0.25) is 9.80 Å². The van der Waals surface area contributed by atoms with Crippen molar-refractivity contribution in [3.63, 3.8) is 0 Å². The monoisotopic (exact) mass is 378 g/mol. The highest BCUT2D eigenvalue weighted by molar-refractivity contribution is 5.24. The van der Waals surface area contributed by atoms with Gasteiger partial charge in [0.25, 0.3) is 0 Å². The second-order valence-corrected chi connectivity index (χ2v) is 8.68. The van der Waals surface area contributed by atoms with Gasteiger partial charge >= 0.3 is 0 Å². The van der Waals surface area contributed by atoms with Crippen LogP contribution in [0.2, 0.25) is 0 Å². The molecule has 0 saturated carbocycles. The zero-order valence-corrected chi connectivity index (χ0v) is 17.0. The lowest BCUT2D eigenvalue weighted by molar-refractivity contribution is 0.153. The molecule has 0 aromatic heterocycles. The molecule has 0 aliphatic carbocycles. The summed E-state index contributed by atoms with van der Waals surface area (Å²) >= 11 is 0. The molecule has 3 nitrogen and oxygen atoms in total. The standard InChI is InChI=1S/C25H34N2O/c28-20-25-10-5-13-27(25)19-24-9-4-8-23(17-24)18-26-14-11-22(12-15-26)16-21-6-2-1-3-7-21/h1-4,6-9,17,22,25,28H,5,10-16,18-20H2/t25-/m0/s1. The fraction of sp³-hybridized carbons (Fsp3) is 0.520. The molecule has 0 radical (unpaired) electrons. The van der Waals surface area contributed by atoms with Gasteiger partial charge < -0.3 is 5.11 Å². The molecule has 2 aliphatic heterocycles. The third kappa shape index (κ3) is 5.22. The van der Waals surface area contributed by atoms with Crippen LogP contribution in [0.3, 0.4) is 0 Å². The quantitative estimate of drug-likeness (QED) is 0.786. The Hall–Kier alpha value is -1.68. The molecule has 0 amide bonds. The zero-order valence-electron chi connectivity index (χ0n) is 17.0. The molecule has 0 bridgehead atoms. The number of rotatable bonds is 7. The first-order chi connectivity index (χ1) is 13.8.